The van der Waals surface area contributed by atoms with E-state index in [0.29, 0.717) is 0 Å². The molecule has 0 aliphatic rings. The number of halogens is 9. The van der Waals surface area contributed by atoms with Gasteiger partial charge < -0.3 is 4.74 Å². The number of hydrogen-bond donors (Lipinski definition) is 0. The van der Waals surface area contributed by atoms with Crippen LogP contribution in [0, 0.1) is 0 Å². The zero-order valence-electron chi connectivity index (χ0n) is 9.11. The summed E-state index contributed by atoms with van der Waals surface area (Å²) in [6, 6.07) is 0. The van der Waals surface area contributed by atoms with Crippen LogP contribution in [0.2, 0.25) is 0 Å². The number of rotatable bonds is 3. The highest BCUT2D eigenvalue weighted by Gasteiger charge is 2.51. The Bertz CT molecular complexity index is 198. The molecule has 14 heteroatoms. The summed E-state index contributed by atoms with van der Waals surface area (Å²) >= 11 is 0. The van der Waals surface area contributed by atoms with Crippen molar-refractivity contribution in [3.8, 4) is 0 Å². The van der Waals surface area contributed by atoms with E-state index in [2.05, 4.69) is 18.7 Å². The molecule has 0 bridgehead atoms. The molecule has 116 valence electrons. The van der Waals surface area contributed by atoms with Crippen molar-refractivity contribution >= 4 is 7.32 Å². The van der Waals surface area contributed by atoms with E-state index in [1.807, 2.05) is 0 Å². The summed E-state index contributed by atoms with van der Waals surface area (Å²) in [6.07, 6.45) is -17.4. The predicted molar refractivity (Wildman–Crippen MR) is 40.1 cm³/mol. The van der Waals surface area contributed by atoms with E-state index in [4.69, 9.17) is 0 Å². The molecule has 0 heterocycles. The average molecular weight is 312 g/mol. The molecule has 0 aliphatic carbocycles. The van der Waals surface area contributed by atoms with Crippen LogP contribution >= 0.6 is 0 Å². The lowest BCUT2D eigenvalue weighted by Gasteiger charge is -2.18. The third kappa shape index (κ3) is 19.8. The van der Waals surface area contributed by atoms with E-state index < -0.39 is 26.4 Å². The van der Waals surface area contributed by atoms with Crippen molar-refractivity contribution in [2.24, 2.45) is 0 Å². The third-order valence-corrected chi connectivity index (χ3v) is 0.690. The summed E-state index contributed by atoms with van der Waals surface area (Å²) in [7, 11) is -0.764. The largest absolute Gasteiger partial charge is 0.658 e. The molecule has 0 rings (SSSR count). The lowest BCUT2D eigenvalue weighted by atomic mass is 10.2. The molecule has 0 amide bonds. The highest BCUT2D eigenvalue weighted by Crippen LogP contribution is 2.27. The first kappa shape index (κ1) is 20.6. The lowest BCUT2D eigenvalue weighted by molar-refractivity contribution is -0.356. The molecule has 0 aliphatic heterocycles. The SMILES string of the molecule is COC.FC(F)(F)OB(OC(F)(F)F)OC(F)(F)F. The Balaban J connectivity index is 0. The van der Waals surface area contributed by atoms with Crippen molar-refractivity contribution < 1.29 is 58.2 Å². The summed E-state index contributed by atoms with van der Waals surface area (Å²) in [6.45, 7) is 0. The number of hydrogen-bond acceptors (Lipinski definition) is 4. The van der Waals surface area contributed by atoms with Crippen LogP contribution in [-0.2, 0) is 18.7 Å². The highest BCUT2D eigenvalue weighted by molar-refractivity contribution is 6.36. The lowest BCUT2D eigenvalue weighted by Crippen LogP contribution is -2.41. The molecule has 19 heavy (non-hydrogen) atoms. The van der Waals surface area contributed by atoms with Crippen LogP contribution in [0.25, 0.3) is 0 Å². The van der Waals surface area contributed by atoms with Crippen LogP contribution in [0.1, 0.15) is 0 Å². The van der Waals surface area contributed by atoms with Gasteiger partial charge in [0.2, 0.25) is 0 Å². The highest BCUT2D eigenvalue weighted by atomic mass is 19.4. The summed E-state index contributed by atoms with van der Waals surface area (Å²) in [5.74, 6) is 0. The minimum atomic E-state index is -5.79. The Hall–Kier alpha value is -0.725. The van der Waals surface area contributed by atoms with Crippen LogP contribution in [-0.4, -0.2) is 40.6 Å². The third-order valence-electron chi connectivity index (χ3n) is 0.690. The van der Waals surface area contributed by atoms with Gasteiger partial charge in [0.25, 0.3) is 0 Å². The van der Waals surface area contributed by atoms with Gasteiger partial charge in [-0.3, -0.25) is 14.0 Å². The second kappa shape index (κ2) is 7.76. The van der Waals surface area contributed by atoms with Crippen LogP contribution in [0.4, 0.5) is 39.5 Å². The van der Waals surface area contributed by atoms with Gasteiger partial charge in [-0.15, -0.1) is 39.5 Å². The van der Waals surface area contributed by atoms with E-state index in [-0.39, 0.29) is 0 Å². The van der Waals surface area contributed by atoms with Gasteiger partial charge in [-0.05, 0) is 0 Å². The fourth-order valence-corrected chi connectivity index (χ4v) is 0.399. The van der Waals surface area contributed by atoms with Crippen molar-refractivity contribution in [2.75, 3.05) is 14.2 Å². The Morgan fingerprint density at radius 3 is 0.842 bits per heavy atom. The Kier molecular flexibility index (Phi) is 8.41. The molecule has 4 nitrogen and oxygen atoms in total. The summed E-state index contributed by atoms with van der Waals surface area (Å²) in [5.41, 5.74) is 0. The molecule has 0 spiro atoms. The quantitative estimate of drug-likeness (QED) is 0.593. The fourth-order valence-electron chi connectivity index (χ4n) is 0.399. The van der Waals surface area contributed by atoms with Crippen molar-refractivity contribution in [3.05, 3.63) is 0 Å². The van der Waals surface area contributed by atoms with Gasteiger partial charge in [-0.2, -0.15) is 0 Å². The number of ether oxygens (including phenoxy) is 1. The van der Waals surface area contributed by atoms with Crippen molar-refractivity contribution in [3.63, 3.8) is 0 Å². The Labute approximate surface area is 100 Å². The summed E-state index contributed by atoms with van der Waals surface area (Å²) < 4.78 is 113. The molecule has 0 saturated carbocycles. The first-order valence-corrected chi connectivity index (χ1v) is 3.84. The minimum absolute atomic E-state index is 1.62. The zero-order valence-corrected chi connectivity index (χ0v) is 9.11. The summed E-state index contributed by atoms with van der Waals surface area (Å²) in [4.78, 5) is 0. The molecular weight excluding hydrogens is 306 g/mol. The van der Waals surface area contributed by atoms with E-state index in [1.54, 1.807) is 14.2 Å². The second-order valence-corrected chi connectivity index (χ2v) is 2.39. The van der Waals surface area contributed by atoms with Crippen molar-refractivity contribution in [2.45, 2.75) is 19.1 Å². The molecule has 0 aromatic carbocycles. The van der Waals surface area contributed by atoms with Gasteiger partial charge in [0, 0.05) is 14.2 Å². The zero-order chi connectivity index (χ0) is 15.9. The van der Waals surface area contributed by atoms with Crippen LogP contribution in [0.15, 0.2) is 0 Å². The van der Waals surface area contributed by atoms with E-state index in [1.165, 1.54) is 0 Å². The molecule has 0 aromatic heterocycles. The standard InChI is InChI=1S/C3BF9O3.C2H6O/c5-1(6,7)14-4(15-2(8,9)10)16-3(11,12)13;1-3-2/h;1-2H3. The number of alkyl halides is 9. The molecule has 0 N–H and O–H groups in total. The van der Waals surface area contributed by atoms with Gasteiger partial charge in [-0.25, -0.2) is 0 Å². The maximum absolute atomic E-state index is 11.3. The van der Waals surface area contributed by atoms with Gasteiger partial charge >= 0.3 is 26.4 Å². The topological polar surface area (TPSA) is 36.9 Å². The molecular formula is C5H6BF9O4. The molecule has 0 unspecified atom stereocenters. The second-order valence-electron chi connectivity index (χ2n) is 2.39. The maximum Gasteiger partial charge on any atom is 0.658 e. The smallest absolute Gasteiger partial charge is 0.388 e. The van der Waals surface area contributed by atoms with Gasteiger partial charge in [0.1, 0.15) is 0 Å². The molecule has 0 atom stereocenters. The van der Waals surface area contributed by atoms with E-state index in [9.17, 15) is 39.5 Å². The van der Waals surface area contributed by atoms with Gasteiger partial charge in [0.05, 0.1) is 0 Å². The first-order chi connectivity index (χ1) is 8.20. The van der Waals surface area contributed by atoms with Crippen LogP contribution in [0.5, 0.6) is 0 Å². The van der Waals surface area contributed by atoms with E-state index in [0.717, 1.165) is 0 Å². The average Bonchev–Trinajstić information content (AvgIpc) is 1.92. The van der Waals surface area contributed by atoms with Crippen molar-refractivity contribution in [1.82, 2.24) is 0 Å². The molecule has 0 aromatic rings. The first-order valence-electron chi connectivity index (χ1n) is 3.84. The van der Waals surface area contributed by atoms with E-state index >= 15 is 0 Å². The minimum Gasteiger partial charge on any atom is -0.388 e. The molecule has 0 radical (unpaired) electrons. The predicted octanol–water partition coefficient (Wildman–Crippen LogP) is 2.84. The Morgan fingerprint density at radius 1 is 0.579 bits per heavy atom. The maximum atomic E-state index is 11.3. The van der Waals surface area contributed by atoms with Crippen LogP contribution in [0.3, 0.4) is 0 Å². The van der Waals surface area contributed by atoms with Crippen molar-refractivity contribution in [1.29, 1.82) is 0 Å². The van der Waals surface area contributed by atoms with Gasteiger partial charge in [-0.1, -0.05) is 0 Å². The normalized spacial score (nSPS) is 12.8. The molecule has 0 fully saturated rings. The van der Waals surface area contributed by atoms with Gasteiger partial charge in [0.15, 0.2) is 0 Å². The van der Waals surface area contributed by atoms with Crippen LogP contribution < -0.4 is 0 Å². The monoisotopic (exact) mass is 312 g/mol. The molecule has 0 saturated heterocycles. The Morgan fingerprint density at radius 2 is 0.737 bits per heavy atom. The fraction of sp³-hybridized carbons (Fsp3) is 1.00. The summed E-state index contributed by atoms with van der Waals surface area (Å²) in [5, 5.41) is 0. The number of methoxy groups -OCH3 is 1.